The Labute approximate surface area is 188 Å². The molecule has 0 bridgehead atoms. The Balaban J connectivity index is 2.04. The molecule has 4 nitrogen and oxygen atoms in total. The summed E-state index contributed by atoms with van der Waals surface area (Å²) in [5, 5.41) is 0.834. The van der Waals surface area contributed by atoms with E-state index >= 15 is 0 Å². The van der Waals surface area contributed by atoms with Gasteiger partial charge in [-0.1, -0.05) is 62.9 Å². The molecule has 1 heterocycles. The molecule has 0 fully saturated rings. The van der Waals surface area contributed by atoms with Gasteiger partial charge < -0.3 is 4.74 Å². The van der Waals surface area contributed by atoms with E-state index in [2.05, 4.69) is 20.8 Å². The van der Waals surface area contributed by atoms with E-state index in [0.717, 1.165) is 30.5 Å². The number of esters is 1. The Morgan fingerprint density at radius 2 is 1.93 bits per heavy atom. The number of halogens is 2. The quantitative estimate of drug-likeness (QED) is 0.365. The van der Waals surface area contributed by atoms with Gasteiger partial charge in [0.15, 0.2) is 5.78 Å². The number of carbonyl (C=O) groups excluding carboxylic acids is 2. The molecule has 1 aliphatic carbocycles. The molecule has 6 heteroatoms. The Hall–Kier alpha value is -1.65. The maximum absolute atomic E-state index is 13.2. The summed E-state index contributed by atoms with van der Waals surface area (Å²) in [6.07, 6.45) is 4.00. The van der Waals surface area contributed by atoms with Crippen molar-refractivity contribution in [1.29, 1.82) is 0 Å². The van der Waals surface area contributed by atoms with Gasteiger partial charge in [-0.05, 0) is 42.9 Å². The van der Waals surface area contributed by atoms with Crippen molar-refractivity contribution in [1.82, 2.24) is 0 Å². The number of carbonyl (C=O) groups is 2. The number of benzene rings is 1. The van der Waals surface area contributed by atoms with Gasteiger partial charge in [0, 0.05) is 29.3 Å². The van der Waals surface area contributed by atoms with Gasteiger partial charge in [-0.3, -0.25) is 14.6 Å². The first-order valence-electron chi connectivity index (χ1n) is 10.6. The predicted octanol–water partition coefficient (Wildman–Crippen LogP) is 6.54. The van der Waals surface area contributed by atoms with Gasteiger partial charge in [0.2, 0.25) is 0 Å². The molecule has 3 rings (SSSR count). The van der Waals surface area contributed by atoms with Gasteiger partial charge in [0.25, 0.3) is 0 Å². The van der Waals surface area contributed by atoms with Gasteiger partial charge in [-0.15, -0.1) is 0 Å². The highest BCUT2D eigenvalue weighted by atomic mass is 35.5. The monoisotopic (exact) mass is 449 g/mol. The fourth-order valence-corrected chi connectivity index (χ4v) is 4.74. The van der Waals surface area contributed by atoms with Crippen molar-refractivity contribution in [2.75, 3.05) is 6.61 Å². The number of Topliss-reactive ketones (excluding diaryl/α,β-unsaturated/α-hetero) is 1. The third kappa shape index (κ3) is 4.81. The van der Waals surface area contributed by atoms with Crippen LogP contribution in [0, 0.1) is 11.3 Å². The standard InChI is InChI=1S/C24H29Cl2NO3/c1-5-6-7-10-30-23(29)20-14(2)27-18-12-24(3,4)13-19(28)22(18)21(20)15-8-9-16(25)17(26)11-15/h8-9,11,20-21H,5-7,10,12-13H2,1-4H3/t20?,21-/m1/s1. The van der Waals surface area contributed by atoms with E-state index < -0.39 is 11.8 Å². The molecule has 0 saturated heterocycles. The first-order chi connectivity index (χ1) is 14.1. The number of aliphatic imine (C=N–C) groups is 1. The molecule has 0 aromatic heterocycles. The van der Waals surface area contributed by atoms with Crippen molar-refractivity contribution < 1.29 is 14.3 Å². The zero-order valence-electron chi connectivity index (χ0n) is 18.1. The Morgan fingerprint density at radius 3 is 2.60 bits per heavy atom. The van der Waals surface area contributed by atoms with E-state index in [4.69, 9.17) is 32.9 Å². The fraction of sp³-hybridized carbons (Fsp3) is 0.542. The second kappa shape index (κ2) is 9.23. The summed E-state index contributed by atoms with van der Waals surface area (Å²) in [5.74, 6) is -1.41. The van der Waals surface area contributed by atoms with Crippen LogP contribution in [0.4, 0.5) is 0 Å². The van der Waals surface area contributed by atoms with Crippen molar-refractivity contribution in [3.05, 3.63) is 45.1 Å². The minimum atomic E-state index is -0.646. The SMILES string of the molecule is CCCCCOC(=O)C1C(C)=NC2=C(C(=O)CC(C)(C)C2)[C@@H]1c1ccc(Cl)c(Cl)c1. The number of ketones is 1. The van der Waals surface area contributed by atoms with Crippen LogP contribution in [0.5, 0.6) is 0 Å². The first-order valence-corrected chi connectivity index (χ1v) is 11.3. The molecule has 0 spiro atoms. The second-order valence-corrected chi connectivity index (χ2v) is 9.87. The second-order valence-electron chi connectivity index (χ2n) is 9.06. The van der Waals surface area contributed by atoms with Crippen molar-refractivity contribution in [3.63, 3.8) is 0 Å². The lowest BCUT2D eigenvalue weighted by Gasteiger charge is -2.39. The Bertz CT molecular complexity index is 917. The van der Waals surface area contributed by atoms with Gasteiger partial charge in [-0.25, -0.2) is 0 Å². The zero-order chi connectivity index (χ0) is 22.1. The number of hydrogen-bond donors (Lipinski definition) is 0. The Kier molecular flexibility index (Phi) is 7.09. The molecule has 30 heavy (non-hydrogen) atoms. The van der Waals surface area contributed by atoms with E-state index in [1.807, 2.05) is 13.0 Å². The van der Waals surface area contributed by atoms with Crippen LogP contribution in [-0.4, -0.2) is 24.1 Å². The average Bonchev–Trinajstić information content (AvgIpc) is 2.65. The van der Waals surface area contributed by atoms with Crippen LogP contribution >= 0.6 is 23.2 Å². The maximum Gasteiger partial charge on any atom is 0.315 e. The van der Waals surface area contributed by atoms with Crippen molar-refractivity contribution >= 4 is 40.7 Å². The van der Waals surface area contributed by atoms with Crippen LogP contribution in [-0.2, 0) is 14.3 Å². The largest absolute Gasteiger partial charge is 0.465 e. The summed E-state index contributed by atoms with van der Waals surface area (Å²) < 4.78 is 5.60. The molecule has 162 valence electrons. The van der Waals surface area contributed by atoms with Crippen molar-refractivity contribution in [3.8, 4) is 0 Å². The minimum absolute atomic E-state index is 0.0392. The van der Waals surface area contributed by atoms with E-state index in [1.165, 1.54) is 0 Å². The average molecular weight is 450 g/mol. The molecular weight excluding hydrogens is 421 g/mol. The highest BCUT2D eigenvalue weighted by Gasteiger charge is 2.46. The number of unbranched alkanes of at least 4 members (excludes halogenated alkanes) is 2. The number of ether oxygens (including phenoxy) is 1. The maximum atomic E-state index is 13.2. The lowest BCUT2D eigenvalue weighted by atomic mass is 9.67. The molecule has 2 aliphatic rings. The van der Waals surface area contributed by atoms with Gasteiger partial charge in [0.1, 0.15) is 5.92 Å². The van der Waals surface area contributed by atoms with Crippen LogP contribution in [0.15, 0.2) is 34.5 Å². The normalized spacial score (nSPS) is 23.1. The van der Waals surface area contributed by atoms with E-state index in [0.29, 0.717) is 40.8 Å². The van der Waals surface area contributed by atoms with Crippen LogP contribution in [0.25, 0.3) is 0 Å². The molecule has 0 N–H and O–H groups in total. The highest BCUT2D eigenvalue weighted by molar-refractivity contribution is 6.42. The summed E-state index contributed by atoms with van der Waals surface area (Å²) >= 11 is 12.4. The number of hydrogen-bond acceptors (Lipinski definition) is 4. The number of rotatable bonds is 6. The summed E-state index contributed by atoms with van der Waals surface area (Å²) in [5.41, 5.74) is 2.70. The number of nitrogens with zero attached hydrogens (tertiary/aromatic N) is 1. The molecule has 1 unspecified atom stereocenters. The highest BCUT2D eigenvalue weighted by Crippen LogP contribution is 2.48. The topological polar surface area (TPSA) is 55.7 Å². The molecular formula is C24H29Cl2NO3. The molecule has 0 radical (unpaired) electrons. The third-order valence-electron chi connectivity index (χ3n) is 5.85. The molecule has 0 saturated carbocycles. The van der Waals surface area contributed by atoms with Crippen LogP contribution in [0.3, 0.4) is 0 Å². The zero-order valence-corrected chi connectivity index (χ0v) is 19.6. The summed E-state index contributed by atoms with van der Waals surface area (Å²) in [6.45, 7) is 8.46. The Morgan fingerprint density at radius 1 is 1.20 bits per heavy atom. The molecule has 0 amide bonds. The number of allylic oxidation sites excluding steroid dienone is 2. The smallest absolute Gasteiger partial charge is 0.315 e. The van der Waals surface area contributed by atoms with Crippen LogP contribution in [0.2, 0.25) is 10.0 Å². The lowest BCUT2D eigenvalue weighted by molar-refractivity contribution is -0.146. The van der Waals surface area contributed by atoms with Gasteiger partial charge in [-0.2, -0.15) is 0 Å². The fourth-order valence-electron chi connectivity index (χ4n) is 4.43. The first kappa shape index (κ1) is 23.0. The summed E-state index contributed by atoms with van der Waals surface area (Å²) in [6, 6.07) is 5.30. The molecule has 1 aromatic carbocycles. The van der Waals surface area contributed by atoms with E-state index in [9.17, 15) is 9.59 Å². The van der Waals surface area contributed by atoms with E-state index in [1.54, 1.807) is 12.1 Å². The molecule has 1 aliphatic heterocycles. The van der Waals surface area contributed by atoms with Gasteiger partial charge in [0.05, 0.1) is 16.7 Å². The van der Waals surface area contributed by atoms with Crippen LogP contribution < -0.4 is 0 Å². The van der Waals surface area contributed by atoms with Crippen molar-refractivity contribution in [2.45, 2.75) is 65.7 Å². The van der Waals surface area contributed by atoms with Gasteiger partial charge >= 0.3 is 5.97 Å². The summed E-state index contributed by atoms with van der Waals surface area (Å²) in [7, 11) is 0. The lowest BCUT2D eigenvalue weighted by Crippen LogP contribution is -2.39. The third-order valence-corrected chi connectivity index (χ3v) is 6.59. The minimum Gasteiger partial charge on any atom is -0.465 e. The van der Waals surface area contributed by atoms with Crippen LogP contribution in [0.1, 0.15) is 71.3 Å². The predicted molar refractivity (Wildman–Crippen MR) is 121 cm³/mol. The van der Waals surface area contributed by atoms with E-state index in [-0.39, 0.29) is 17.2 Å². The summed E-state index contributed by atoms with van der Waals surface area (Å²) in [4.78, 5) is 31.1. The molecule has 1 aromatic rings. The van der Waals surface area contributed by atoms with Crippen molar-refractivity contribution in [2.24, 2.45) is 16.3 Å². The molecule has 2 atom stereocenters.